The van der Waals surface area contributed by atoms with Gasteiger partial charge in [0, 0.05) is 16.7 Å². The minimum Gasteiger partial charge on any atom is -0.267 e. The summed E-state index contributed by atoms with van der Waals surface area (Å²) < 4.78 is 0. The van der Waals surface area contributed by atoms with E-state index in [4.69, 9.17) is 5.26 Å². The van der Waals surface area contributed by atoms with Gasteiger partial charge in [0.05, 0.1) is 18.2 Å². The second-order valence-corrected chi connectivity index (χ2v) is 6.81. The van der Waals surface area contributed by atoms with Crippen LogP contribution in [0.1, 0.15) is 31.8 Å². The Hall–Kier alpha value is -4.84. The molecule has 0 unspecified atom stereocenters. The van der Waals surface area contributed by atoms with Crippen molar-refractivity contribution in [3.05, 3.63) is 101 Å². The second-order valence-electron chi connectivity index (χ2n) is 6.81. The van der Waals surface area contributed by atoms with Crippen LogP contribution in [0.2, 0.25) is 0 Å². The highest BCUT2D eigenvalue weighted by Crippen LogP contribution is 2.13. The predicted molar refractivity (Wildman–Crippen MR) is 115 cm³/mol. The Labute approximate surface area is 183 Å². The molecule has 0 bridgehead atoms. The molecule has 9 heteroatoms. The van der Waals surface area contributed by atoms with E-state index >= 15 is 0 Å². The minimum absolute atomic E-state index is 0.273. The Balaban J connectivity index is 1.34. The van der Waals surface area contributed by atoms with Crippen LogP contribution in [0, 0.1) is 11.3 Å². The highest BCUT2D eigenvalue weighted by Gasteiger charge is 2.11. The van der Waals surface area contributed by atoms with Crippen LogP contribution in [-0.2, 0) is 6.54 Å². The second kappa shape index (κ2) is 9.32. The molecule has 3 aromatic carbocycles. The molecule has 32 heavy (non-hydrogen) atoms. The third-order valence-electron chi connectivity index (χ3n) is 4.57. The van der Waals surface area contributed by atoms with Crippen molar-refractivity contribution >= 4 is 11.8 Å². The number of nitrogens with zero attached hydrogens (tertiary/aromatic N) is 5. The van der Waals surface area contributed by atoms with Crippen LogP contribution < -0.4 is 10.9 Å². The zero-order valence-electron chi connectivity index (χ0n) is 16.8. The molecule has 0 spiro atoms. The summed E-state index contributed by atoms with van der Waals surface area (Å²) in [6.07, 6.45) is 0. The smallest absolute Gasteiger partial charge is 0.267 e. The largest absolute Gasteiger partial charge is 0.269 e. The molecule has 0 fully saturated rings. The summed E-state index contributed by atoms with van der Waals surface area (Å²) in [4.78, 5) is 25.9. The van der Waals surface area contributed by atoms with Crippen LogP contribution in [0.4, 0.5) is 0 Å². The summed E-state index contributed by atoms with van der Waals surface area (Å²) in [5.74, 6) is -0.442. The van der Waals surface area contributed by atoms with E-state index in [9.17, 15) is 9.59 Å². The molecule has 0 aliphatic heterocycles. The quantitative estimate of drug-likeness (QED) is 0.475. The van der Waals surface area contributed by atoms with Crippen LogP contribution in [0.25, 0.3) is 11.4 Å². The number of hydrazine groups is 1. The highest BCUT2D eigenvalue weighted by molar-refractivity contribution is 5.99. The van der Waals surface area contributed by atoms with Gasteiger partial charge in [-0.1, -0.05) is 48.5 Å². The first kappa shape index (κ1) is 20.4. The van der Waals surface area contributed by atoms with E-state index in [-0.39, 0.29) is 5.56 Å². The van der Waals surface area contributed by atoms with Crippen molar-refractivity contribution in [1.82, 2.24) is 31.1 Å². The van der Waals surface area contributed by atoms with Gasteiger partial charge in [-0.15, -0.1) is 10.2 Å². The van der Waals surface area contributed by atoms with Gasteiger partial charge in [-0.05, 0) is 41.1 Å². The van der Waals surface area contributed by atoms with Crippen molar-refractivity contribution in [2.24, 2.45) is 0 Å². The lowest BCUT2D eigenvalue weighted by Gasteiger charge is -2.08. The van der Waals surface area contributed by atoms with E-state index in [1.54, 1.807) is 42.5 Å². The summed E-state index contributed by atoms with van der Waals surface area (Å²) >= 11 is 0. The van der Waals surface area contributed by atoms with E-state index < -0.39 is 11.8 Å². The van der Waals surface area contributed by atoms with Gasteiger partial charge in [0.1, 0.15) is 0 Å². The number of carbonyl (C=O) groups excluding carboxylic acids is 2. The molecular weight excluding hydrogens is 406 g/mol. The van der Waals surface area contributed by atoms with Crippen LogP contribution in [0.5, 0.6) is 0 Å². The first-order chi connectivity index (χ1) is 15.6. The number of nitrogens with one attached hydrogen (secondary N) is 2. The van der Waals surface area contributed by atoms with Crippen molar-refractivity contribution in [2.75, 3.05) is 0 Å². The molecule has 2 N–H and O–H groups in total. The molecule has 0 saturated heterocycles. The van der Waals surface area contributed by atoms with Gasteiger partial charge in [0.25, 0.3) is 11.8 Å². The molecule has 0 radical (unpaired) electrons. The third-order valence-corrected chi connectivity index (χ3v) is 4.57. The number of tetrazole rings is 1. The van der Waals surface area contributed by atoms with Crippen molar-refractivity contribution in [3.8, 4) is 17.5 Å². The molecule has 4 aromatic rings. The Bertz CT molecular complexity index is 1290. The minimum atomic E-state index is -0.515. The number of hydrogen-bond donors (Lipinski definition) is 2. The molecule has 2 amide bonds. The van der Waals surface area contributed by atoms with E-state index in [0.717, 1.165) is 11.1 Å². The van der Waals surface area contributed by atoms with Crippen LogP contribution in [-0.4, -0.2) is 32.0 Å². The summed E-state index contributed by atoms with van der Waals surface area (Å²) in [6, 6.07) is 24.5. The fourth-order valence-corrected chi connectivity index (χ4v) is 2.93. The Morgan fingerprint density at radius 2 is 1.59 bits per heavy atom. The molecule has 1 heterocycles. The summed E-state index contributed by atoms with van der Waals surface area (Å²) in [5.41, 5.74) is 7.48. The SMILES string of the molecule is N#Cc1cccc(C(=O)NNC(=O)c2ccc(Cn3nnc(-c4ccccc4)n3)cc2)c1. The number of rotatable bonds is 5. The number of aromatic nitrogens is 4. The van der Waals surface area contributed by atoms with Crippen LogP contribution in [0.15, 0.2) is 78.9 Å². The monoisotopic (exact) mass is 423 g/mol. The summed E-state index contributed by atoms with van der Waals surface area (Å²) in [7, 11) is 0. The predicted octanol–water partition coefficient (Wildman–Crippen LogP) is 2.33. The summed E-state index contributed by atoms with van der Waals surface area (Å²) in [5, 5.41) is 21.4. The molecule has 156 valence electrons. The number of hydrogen-bond acceptors (Lipinski definition) is 6. The molecule has 0 atom stereocenters. The Kier molecular flexibility index (Phi) is 5.95. The van der Waals surface area contributed by atoms with E-state index in [0.29, 0.717) is 23.5 Å². The topological polar surface area (TPSA) is 126 Å². The van der Waals surface area contributed by atoms with Crippen LogP contribution in [0.3, 0.4) is 0 Å². The molecule has 9 nitrogen and oxygen atoms in total. The fraction of sp³-hybridized carbons (Fsp3) is 0.0435. The first-order valence-corrected chi connectivity index (χ1v) is 9.65. The zero-order valence-corrected chi connectivity index (χ0v) is 16.8. The maximum atomic E-state index is 12.3. The fourth-order valence-electron chi connectivity index (χ4n) is 2.93. The maximum Gasteiger partial charge on any atom is 0.269 e. The maximum absolute atomic E-state index is 12.3. The number of benzene rings is 3. The number of nitriles is 1. The third kappa shape index (κ3) is 4.83. The Morgan fingerprint density at radius 1 is 0.875 bits per heavy atom. The van der Waals surface area contributed by atoms with Crippen molar-refractivity contribution < 1.29 is 9.59 Å². The van der Waals surface area contributed by atoms with Crippen LogP contribution >= 0.6 is 0 Å². The zero-order chi connectivity index (χ0) is 22.3. The lowest BCUT2D eigenvalue weighted by Crippen LogP contribution is -2.41. The van der Waals surface area contributed by atoms with Gasteiger partial charge in [-0.3, -0.25) is 20.4 Å². The molecular formula is C23H17N7O2. The molecule has 0 aliphatic rings. The van der Waals surface area contributed by atoms with E-state index in [1.807, 2.05) is 36.4 Å². The Morgan fingerprint density at radius 3 is 2.31 bits per heavy atom. The average molecular weight is 423 g/mol. The number of amides is 2. The summed E-state index contributed by atoms with van der Waals surface area (Å²) in [6.45, 7) is 0.397. The van der Waals surface area contributed by atoms with Crippen molar-refractivity contribution in [3.63, 3.8) is 0 Å². The lowest BCUT2D eigenvalue weighted by molar-refractivity contribution is 0.0846. The van der Waals surface area contributed by atoms with Gasteiger partial charge in [-0.25, -0.2) is 0 Å². The van der Waals surface area contributed by atoms with Gasteiger partial charge in [-0.2, -0.15) is 10.1 Å². The molecule has 0 aliphatic carbocycles. The molecule has 4 rings (SSSR count). The van der Waals surface area contributed by atoms with Crippen molar-refractivity contribution in [1.29, 1.82) is 5.26 Å². The molecule has 1 aromatic heterocycles. The molecule has 0 saturated carbocycles. The van der Waals surface area contributed by atoms with E-state index in [2.05, 4.69) is 26.3 Å². The highest BCUT2D eigenvalue weighted by atomic mass is 16.2. The van der Waals surface area contributed by atoms with Gasteiger partial charge < -0.3 is 0 Å². The first-order valence-electron chi connectivity index (χ1n) is 9.65. The number of carbonyl (C=O) groups is 2. The standard InChI is InChI=1S/C23H17N7O2/c24-14-17-5-4-8-20(13-17)23(32)27-26-22(31)19-11-9-16(10-12-19)15-30-28-21(25-29-30)18-6-2-1-3-7-18/h1-13H,15H2,(H,26,31)(H,27,32). The lowest BCUT2D eigenvalue weighted by atomic mass is 10.1. The average Bonchev–Trinajstić information content (AvgIpc) is 3.32. The van der Waals surface area contributed by atoms with Gasteiger partial charge in [0.2, 0.25) is 5.82 Å². The van der Waals surface area contributed by atoms with E-state index in [1.165, 1.54) is 10.9 Å². The van der Waals surface area contributed by atoms with Gasteiger partial charge >= 0.3 is 0 Å². The van der Waals surface area contributed by atoms with Gasteiger partial charge in [0.15, 0.2) is 0 Å². The normalized spacial score (nSPS) is 10.2. The van der Waals surface area contributed by atoms with Crippen molar-refractivity contribution in [2.45, 2.75) is 6.54 Å².